The molecule has 0 bridgehead atoms. The first-order valence-corrected chi connectivity index (χ1v) is 5.73. The van der Waals surface area contributed by atoms with E-state index in [1.54, 1.807) is 24.3 Å². The molecular formula is C13H10ClF3N2. The molecule has 0 aromatic heterocycles. The van der Waals surface area contributed by atoms with E-state index in [4.69, 9.17) is 17.3 Å². The largest absolute Gasteiger partial charge is 0.418 e. The summed E-state index contributed by atoms with van der Waals surface area (Å²) in [6.07, 6.45) is -4.47. The van der Waals surface area contributed by atoms with Gasteiger partial charge in [0.1, 0.15) is 0 Å². The minimum absolute atomic E-state index is 0.297. The lowest BCUT2D eigenvalue weighted by molar-refractivity contribution is -0.136. The fourth-order valence-electron chi connectivity index (χ4n) is 1.58. The van der Waals surface area contributed by atoms with Crippen molar-refractivity contribution in [3.8, 4) is 0 Å². The average Bonchev–Trinajstić information content (AvgIpc) is 2.33. The van der Waals surface area contributed by atoms with Crippen LogP contribution in [0.25, 0.3) is 0 Å². The second kappa shape index (κ2) is 5.01. The van der Waals surface area contributed by atoms with Crippen LogP contribution in [0.4, 0.5) is 30.2 Å². The van der Waals surface area contributed by atoms with Gasteiger partial charge >= 0.3 is 6.18 Å². The maximum atomic E-state index is 12.7. The standard InChI is InChI=1S/C13H10ClF3N2/c14-8-1-3-9(4-2-8)19-10-5-6-12(18)11(7-10)13(15,16)17/h1-7,19H,18H2. The normalized spacial score (nSPS) is 11.4. The molecule has 100 valence electrons. The molecule has 0 spiro atoms. The Hall–Kier alpha value is -1.88. The summed E-state index contributed by atoms with van der Waals surface area (Å²) in [5, 5.41) is 3.41. The number of hydrogen-bond acceptors (Lipinski definition) is 2. The minimum Gasteiger partial charge on any atom is -0.398 e. The van der Waals surface area contributed by atoms with Gasteiger partial charge in [0.05, 0.1) is 5.56 Å². The van der Waals surface area contributed by atoms with Crippen LogP contribution in [0.5, 0.6) is 0 Å². The number of nitrogens with two attached hydrogens (primary N) is 1. The second-order valence-corrected chi connectivity index (χ2v) is 4.37. The number of hydrogen-bond donors (Lipinski definition) is 2. The van der Waals surface area contributed by atoms with E-state index >= 15 is 0 Å². The lowest BCUT2D eigenvalue weighted by Crippen LogP contribution is -2.09. The lowest BCUT2D eigenvalue weighted by atomic mass is 10.1. The van der Waals surface area contributed by atoms with Crippen molar-refractivity contribution in [2.24, 2.45) is 0 Å². The van der Waals surface area contributed by atoms with Gasteiger partial charge < -0.3 is 11.1 Å². The highest BCUT2D eigenvalue weighted by molar-refractivity contribution is 6.30. The molecule has 3 N–H and O–H groups in total. The van der Waals surface area contributed by atoms with Crippen LogP contribution in [-0.2, 0) is 6.18 Å². The molecule has 2 aromatic carbocycles. The fraction of sp³-hybridized carbons (Fsp3) is 0.0769. The van der Waals surface area contributed by atoms with E-state index in [1.807, 2.05) is 0 Å². The number of halogens is 4. The zero-order valence-corrected chi connectivity index (χ0v) is 10.4. The predicted octanol–water partition coefficient (Wildman–Crippen LogP) is 4.68. The van der Waals surface area contributed by atoms with Crippen molar-refractivity contribution in [3.05, 3.63) is 53.1 Å². The van der Waals surface area contributed by atoms with Crippen LogP contribution in [0.3, 0.4) is 0 Å². The molecule has 2 rings (SSSR count). The van der Waals surface area contributed by atoms with Crippen LogP contribution < -0.4 is 11.1 Å². The molecular weight excluding hydrogens is 277 g/mol. The monoisotopic (exact) mass is 286 g/mol. The smallest absolute Gasteiger partial charge is 0.398 e. The van der Waals surface area contributed by atoms with Crippen LogP contribution in [0.15, 0.2) is 42.5 Å². The van der Waals surface area contributed by atoms with Crippen LogP contribution in [0.1, 0.15) is 5.56 Å². The molecule has 19 heavy (non-hydrogen) atoms. The number of anilines is 3. The van der Waals surface area contributed by atoms with Crippen molar-refractivity contribution in [2.75, 3.05) is 11.1 Å². The van der Waals surface area contributed by atoms with Crippen molar-refractivity contribution in [3.63, 3.8) is 0 Å². The topological polar surface area (TPSA) is 38.0 Å². The van der Waals surface area contributed by atoms with Gasteiger partial charge in [-0.25, -0.2) is 0 Å². The first-order chi connectivity index (χ1) is 8.86. The van der Waals surface area contributed by atoms with Crippen molar-refractivity contribution >= 4 is 28.7 Å². The molecule has 0 heterocycles. The van der Waals surface area contributed by atoms with Gasteiger partial charge in [-0.2, -0.15) is 13.2 Å². The summed E-state index contributed by atoms with van der Waals surface area (Å²) in [6, 6.07) is 10.3. The van der Waals surface area contributed by atoms with Crippen LogP contribution in [0, 0.1) is 0 Å². The Bertz CT molecular complexity index is 579. The maximum Gasteiger partial charge on any atom is 0.418 e. The number of nitrogens with one attached hydrogen (secondary N) is 1. The molecule has 2 nitrogen and oxygen atoms in total. The molecule has 0 atom stereocenters. The molecule has 0 radical (unpaired) electrons. The van der Waals surface area contributed by atoms with E-state index < -0.39 is 11.7 Å². The third-order valence-electron chi connectivity index (χ3n) is 2.49. The van der Waals surface area contributed by atoms with Gasteiger partial charge in [0.2, 0.25) is 0 Å². The van der Waals surface area contributed by atoms with Gasteiger partial charge in [-0.05, 0) is 42.5 Å². The third-order valence-corrected chi connectivity index (χ3v) is 2.74. The maximum absolute atomic E-state index is 12.7. The first-order valence-electron chi connectivity index (χ1n) is 5.35. The van der Waals surface area contributed by atoms with Gasteiger partial charge in [0.15, 0.2) is 0 Å². The molecule has 0 saturated heterocycles. The molecule has 0 aliphatic rings. The molecule has 0 saturated carbocycles. The highest BCUT2D eigenvalue weighted by Crippen LogP contribution is 2.35. The molecule has 0 aliphatic carbocycles. The Morgan fingerprint density at radius 2 is 1.53 bits per heavy atom. The Morgan fingerprint density at radius 1 is 0.947 bits per heavy atom. The van der Waals surface area contributed by atoms with Crippen molar-refractivity contribution in [1.82, 2.24) is 0 Å². The summed E-state index contributed by atoms with van der Waals surface area (Å²) in [4.78, 5) is 0. The van der Waals surface area contributed by atoms with E-state index in [0.717, 1.165) is 6.07 Å². The molecule has 0 aliphatic heterocycles. The first kappa shape index (κ1) is 13.5. The molecule has 2 aromatic rings. The number of alkyl halides is 3. The summed E-state index contributed by atoms with van der Waals surface area (Å²) in [5.41, 5.74) is 5.12. The number of rotatable bonds is 2. The number of nitrogen functional groups attached to an aromatic ring is 1. The lowest BCUT2D eigenvalue weighted by Gasteiger charge is -2.13. The summed E-state index contributed by atoms with van der Waals surface area (Å²) >= 11 is 5.73. The van der Waals surface area contributed by atoms with E-state index in [-0.39, 0.29) is 5.69 Å². The Kier molecular flexibility index (Phi) is 3.57. The third kappa shape index (κ3) is 3.32. The van der Waals surface area contributed by atoms with Crippen LogP contribution in [-0.4, -0.2) is 0 Å². The summed E-state index contributed by atoms with van der Waals surface area (Å²) in [6.45, 7) is 0. The summed E-state index contributed by atoms with van der Waals surface area (Å²) in [7, 11) is 0. The molecule has 0 unspecified atom stereocenters. The van der Waals surface area contributed by atoms with E-state index in [9.17, 15) is 13.2 Å². The van der Waals surface area contributed by atoms with E-state index in [0.29, 0.717) is 16.4 Å². The molecule has 0 fully saturated rings. The zero-order chi connectivity index (χ0) is 14.0. The Balaban J connectivity index is 2.29. The van der Waals surface area contributed by atoms with Gasteiger partial charge in [-0.15, -0.1) is 0 Å². The highest BCUT2D eigenvalue weighted by atomic mass is 35.5. The minimum atomic E-state index is -4.47. The van der Waals surface area contributed by atoms with E-state index in [1.165, 1.54) is 12.1 Å². The SMILES string of the molecule is Nc1ccc(Nc2ccc(Cl)cc2)cc1C(F)(F)F. The van der Waals surface area contributed by atoms with Crippen molar-refractivity contribution < 1.29 is 13.2 Å². The van der Waals surface area contributed by atoms with E-state index in [2.05, 4.69) is 5.32 Å². The van der Waals surface area contributed by atoms with Crippen molar-refractivity contribution in [1.29, 1.82) is 0 Å². The molecule has 0 amide bonds. The summed E-state index contributed by atoms with van der Waals surface area (Å²) in [5.74, 6) is 0. The van der Waals surface area contributed by atoms with Crippen molar-refractivity contribution in [2.45, 2.75) is 6.18 Å². The van der Waals surface area contributed by atoms with Gasteiger partial charge in [-0.1, -0.05) is 11.6 Å². The number of benzene rings is 2. The quantitative estimate of drug-likeness (QED) is 0.786. The fourth-order valence-corrected chi connectivity index (χ4v) is 1.71. The predicted molar refractivity (Wildman–Crippen MR) is 70.6 cm³/mol. The van der Waals surface area contributed by atoms with Gasteiger partial charge in [-0.3, -0.25) is 0 Å². The van der Waals surface area contributed by atoms with Crippen LogP contribution >= 0.6 is 11.6 Å². The highest BCUT2D eigenvalue weighted by Gasteiger charge is 2.33. The van der Waals surface area contributed by atoms with Crippen LogP contribution in [0.2, 0.25) is 5.02 Å². The van der Waals surface area contributed by atoms with Gasteiger partial charge in [0.25, 0.3) is 0 Å². The second-order valence-electron chi connectivity index (χ2n) is 3.93. The molecule has 6 heteroatoms. The van der Waals surface area contributed by atoms with Gasteiger partial charge in [0, 0.05) is 22.1 Å². The zero-order valence-electron chi connectivity index (χ0n) is 9.63. The summed E-state index contributed by atoms with van der Waals surface area (Å²) < 4.78 is 38.1. The average molecular weight is 287 g/mol. The Morgan fingerprint density at radius 3 is 2.11 bits per heavy atom. The Labute approximate surface area is 113 Å².